The fourth-order valence-corrected chi connectivity index (χ4v) is 2.85. The molecule has 0 amide bonds. The number of nitro benzene ring substituents is 1. The van der Waals surface area contributed by atoms with Crippen molar-refractivity contribution < 1.29 is 9.34 Å². The van der Waals surface area contributed by atoms with Gasteiger partial charge >= 0.3 is 0 Å². The van der Waals surface area contributed by atoms with Gasteiger partial charge in [-0.1, -0.05) is 30.1 Å². The molecular formula is C11H9Cl2N3O3S. The van der Waals surface area contributed by atoms with E-state index in [-0.39, 0.29) is 15.7 Å². The van der Waals surface area contributed by atoms with Crippen molar-refractivity contribution in [1.29, 1.82) is 0 Å². The highest BCUT2D eigenvalue weighted by Gasteiger charge is 2.18. The van der Waals surface area contributed by atoms with E-state index in [1.807, 2.05) is 6.92 Å². The highest BCUT2D eigenvalue weighted by molar-refractivity contribution is 7.99. The summed E-state index contributed by atoms with van der Waals surface area (Å²) in [6.45, 7) is 2.00. The molecule has 0 N–H and O–H groups in total. The predicted molar refractivity (Wildman–Crippen MR) is 75.5 cm³/mol. The Morgan fingerprint density at radius 2 is 2.00 bits per heavy atom. The molecule has 1 aromatic carbocycles. The Morgan fingerprint density at radius 1 is 1.35 bits per heavy atom. The molecule has 0 aliphatic rings. The van der Waals surface area contributed by atoms with Crippen LogP contribution >= 0.6 is 35.0 Å². The monoisotopic (exact) mass is 333 g/mol. The second-order valence-electron chi connectivity index (χ2n) is 3.81. The van der Waals surface area contributed by atoms with Crippen LogP contribution < -0.4 is 0 Å². The largest absolute Gasteiger partial charge is 0.416 e. The molecule has 0 aliphatic carbocycles. The van der Waals surface area contributed by atoms with Gasteiger partial charge in [0.25, 0.3) is 10.9 Å². The molecule has 0 fully saturated rings. The van der Waals surface area contributed by atoms with Crippen LogP contribution in [-0.4, -0.2) is 15.1 Å². The quantitative estimate of drug-likeness (QED) is 0.596. The van der Waals surface area contributed by atoms with E-state index >= 15 is 0 Å². The van der Waals surface area contributed by atoms with Gasteiger partial charge in [0.1, 0.15) is 0 Å². The van der Waals surface area contributed by atoms with Crippen LogP contribution in [0, 0.1) is 10.1 Å². The van der Waals surface area contributed by atoms with Crippen LogP contribution in [0.4, 0.5) is 5.69 Å². The van der Waals surface area contributed by atoms with Crippen molar-refractivity contribution >= 4 is 40.7 Å². The summed E-state index contributed by atoms with van der Waals surface area (Å²) in [6.07, 6.45) is 1.58. The first-order valence-electron chi connectivity index (χ1n) is 5.65. The lowest BCUT2D eigenvalue weighted by molar-refractivity contribution is -0.384. The zero-order chi connectivity index (χ0) is 14.7. The van der Waals surface area contributed by atoms with Crippen molar-refractivity contribution in [2.45, 2.75) is 29.9 Å². The van der Waals surface area contributed by atoms with Gasteiger partial charge < -0.3 is 4.42 Å². The zero-order valence-corrected chi connectivity index (χ0v) is 12.6. The average Bonchev–Trinajstić information content (AvgIpc) is 2.81. The Kier molecular flexibility index (Phi) is 4.85. The van der Waals surface area contributed by atoms with Crippen molar-refractivity contribution in [1.82, 2.24) is 10.2 Å². The molecule has 0 spiro atoms. The highest BCUT2D eigenvalue weighted by Crippen LogP contribution is 2.40. The summed E-state index contributed by atoms with van der Waals surface area (Å²) in [5, 5.41) is 19.1. The first kappa shape index (κ1) is 15.1. The minimum Gasteiger partial charge on any atom is -0.416 e. The number of nitrogens with zero attached hydrogens (tertiary/aromatic N) is 3. The molecule has 1 heterocycles. The molecule has 0 unspecified atom stereocenters. The summed E-state index contributed by atoms with van der Waals surface area (Å²) in [4.78, 5) is 10.6. The Labute approximate surface area is 128 Å². The van der Waals surface area contributed by atoms with E-state index in [0.717, 1.165) is 18.2 Å². The minimum atomic E-state index is -0.557. The Hall–Kier alpha value is -1.31. The number of hydrogen-bond donors (Lipinski definition) is 0. The van der Waals surface area contributed by atoms with E-state index in [2.05, 4.69) is 10.2 Å². The molecule has 9 heteroatoms. The van der Waals surface area contributed by atoms with Gasteiger partial charge in [0.15, 0.2) is 0 Å². The maximum absolute atomic E-state index is 10.7. The fraction of sp³-hybridized carbons (Fsp3) is 0.273. The van der Waals surface area contributed by atoms with Crippen LogP contribution in [0.2, 0.25) is 10.0 Å². The first-order chi connectivity index (χ1) is 9.51. The lowest BCUT2D eigenvalue weighted by atomic mass is 10.3. The number of halogens is 2. The molecule has 0 atom stereocenters. The number of aromatic nitrogens is 2. The highest BCUT2D eigenvalue weighted by atomic mass is 35.5. The summed E-state index contributed by atoms with van der Waals surface area (Å²) in [6, 6.07) is 2.47. The second-order valence-corrected chi connectivity index (χ2v) is 5.59. The fourth-order valence-electron chi connectivity index (χ4n) is 1.43. The Morgan fingerprint density at radius 3 is 2.55 bits per heavy atom. The maximum atomic E-state index is 10.7. The number of non-ortho nitro benzene ring substituents is 1. The van der Waals surface area contributed by atoms with E-state index in [1.165, 1.54) is 12.1 Å². The average molecular weight is 334 g/mol. The Balaban J connectivity index is 2.26. The molecule has 106 valence electrons. The standard InChI is InChI=1S/C11H9Cl2N3O3S/c1-2-3-9-14-15-11(19-9)20-10-7(12)4-6(16(17)18)5-8(10)13/h4-5H,2-3H2,1H3. The minimum absolute atomic E-state index is 0.165. The molecule has 1 aromatic heterocycles. The molecule has 0 radical (unpaired) electrons. The van der Waals surface area contributed by atoms with Gasteiger partial charge in [-0.15, -0.1) is 10.2 Å². The summed E-state index contributed by atoms with van der Waals surface area (Å²) in [7, 11) is 0. The molecular weight excluding hydrogens is 325 g/mol. The van der Waals surface area contributed by atoms with Gasteiger partial charge in [0.05, 0.1) is 19.9 Å². The van der Waals surface area contributed by atoms with E-state index in [0.29, 0.717) is 22.4 Å². The Bertz CT molecular complexity index is 625. The first-order valence-corrected chi connectivity index (χ1v) is 7.22. The maximum Gasteiger partial charge on any atom is 0.281 e. The SMILES string of the molecule is CCCc1nnc(Sc2c(Cl)cc([N+](=O)[O-])cc2Cl)o1. The smallest absolute Gasteiger partial charge is 0.281 e. The van der Waals surface area contributed by atoms with Crippen molar-refractivity contribution in [3.05, 3.63) is 38.2 Å². The van der Waals surface area contributed by atoms with Gasteiger partial charge in [-0.2, -0.15) is 0 Å². The van der Waals surface area contributed by atoms with Gasteiger partial charge in [-0.3, -0.25) is 10.1 Å². The van der Waals surface area contributed by atoms with Gasteiger partial charge in [0.2, 0.25) is 5.89 Å². The lowest BCUT2D eigenvalue weighted by Gasteiger charge is -2.03. The van der Waals surface area contributed by atoms with E-state index in [4.69, 9.17) is 27.6 Å². The summed E-state index contributed by atoms with van der Waals surface area (Å²) >= 11 is 13.1. The third-order valence-corrected chi connectivity index (χ3v) is 4.10. The third kappa shape index (κ3) is 3.41. The molecule has 0 saturated heterocycles. The molecule has 6 nitrogen and oxygen atoms in total. The van der Waals surface area contributed by atoms with E-state index in [1.54, 1.807) is 0 Å². The van der Waals surface area contributed by atoms with Crippen molar-refractivity contribution in [3.63, 3.8) is 0 Å². The molecule has 0 saturated carbocycles. The number of nitro groups is 1. The third-order valence-electron chi connectivity index (χ3n) is 2.30. The number of benzene rings is 1. The predicted octanol–water partition coefficient (Wildman–Crippen LogP) is 4.39. The number of hydrogen-bond acceptors (Lipinski definition) is 6. The van der Waals surface area contributed by atoms with E-state index in [9.17, 15) is 10.1 Å². The van der Waals surface area contributed by atoms with Gasteiger partial charge in [0, 0.05) is 18.6 Å². The normalized spacial score (nSPS) is 10.8. The summed E-state index contributed by atoms with van der Waals surface area (Å²) in [5.41, 5.74) is -0.165. The second kappa shape index (κ2) is 6.43. The lowest BCUT2D eigenvalue weighted by Crippen LogP contribution is -1.89. The van der Waals surface area contributed by atoms with Crippen molar-refractivity contribution in [2.75, 3.05) is 0 Å². The van der Waals surface area contributed by atoms with Crippen LogP contribution in [0.25, 0.3) is 0 Å². The molecule has 2 rings (SSSR count). The summed E-state index contributed by atoms with van der Waals surface area (Å²) in [5.74, 6) is 0.532. The van der Waals surface area contributed by atoms with E-state index < -0.39 is 4.92 Å². The van der Waals surface area contributed by atoms with Crippen LogP contribution in [0.5, 0.6) is 0 Å². The zero-order valence-electron chi connectivity index (χ0n) is 10.3. The number of aryl methyl sites for hydroxylation is 1. The molecule has 0 aliphatic heterocycles. The van der Waals surface area contributed by atoms with Crippen molar-refractivity contribution in [2.24, 2.45) is 0 Å². The van der Waals surface area contributed by atoms with Gasteiger partial charge in [-0.05, 0) is 18.2 Å². The number of rotatable bonds is 5. The van der Waals surface area contributed by atoms with Crippen molar-refractivity contribution in [3.8, 4) is 0 Å². The van der Waals surface area contributed by atoms with Crippen LogP contribution in [-0.2, 0) is 6.42 Å². The topological polar surface area (TPSA) is 82.1 Å². The van der Waals surface area contributed by atoms with Crippen LogP contribution in [0.3, 0.4) is 0 Å². The van der Waals surface area contributed by atoms with Gasteiger partial charge in [-0.25, -0.2) is 0 Å². The molecule has 2 aromatic rings. The molecule has 0 bridgehead atoms. The molecule has 20 heavy (non-hydrogen) atoms. The van der Waals surface area contributed by atoms with Crippen LogP contribution in [0.1, 0.15) is 19.2 Å². The summed E-state index contributed by atoms with van der Waals surface area (Å²) < 4.78 is 5.41. The van der Waals surface area contributed by atoms with Crippen LogP contribution in [0.15, 0.2) is 26.7 Å².